The molecule has 0 aliphatic rings. The summed E-state index contributed by atoms with van der Waals surface area (Å²) in [5.41, 5.74) is 2.53. The topological polar surface area (TPSA) is 38.1 Å². The molecule has 0 aliphatic heterocycles. The minimum absolute atomic E-state index is 0.214. The van der Waals surface area contributed by atoms with Gasteiger partial charge in [0.2, 0.25) is 0 Å². The van der Waals surface area contributed by atoms with Crippen LogP contribution in [0.1, 0.15) is 55.4 Å². The molecule has 0 spiro atoms. The van der Waals surface area contributed by atoms with E-state index in [1.54, 1.807) is 17.0 Å². The number of carbonyl (C=O) groups excluding carboxylic acids is 1. The van der Waals surface area contributed by atoms with Crippen LogP contribution in [0, 0.1) is 24.5 Å². The van der Waals surface area contributed by atoms with Crippen molar-refractivity contribution in [3.63, 3.8) is 0 Å². The fourth-order valence-electron chi connectivity index (χ4n) is 3.57. The molecule has 0 fully saturated rings. The molecule has 1 aromatic heterocycles. The number of fused-ring (bicyclic) bond motifs is 1. The summed E-state index contributed by atoms with van der Waals surface area (Å²) in [6.45, 7) is 9.57. The molecule has 0 aliphatic carbocycles. The molecule has 4 nitrogen and oxygen atoms in total. The number of halogens is 2. The van der Waals surface area contributed by atoms with E-state index in [9.17, 15) is 13.6 Å². The Morgan fingerprint density at radius 2 is 1.83 bits per heavy atom. The Morgan fingerprint density at radius 1 is 1.13 bits per heavy atom. The van der Waals surface area contributed by atoms with Crippen molar-refractivity contribution in [1.29, 1.82) is 0 Å². The third-order valence-corrected chi connectivity index (χ3v) is 5.26. The maximum Gasteiger partial charge on any atom is 0.254 e. The van der Waals surface area contributed by atoms with Crippen molar-refractivity contribution < 1.29 is 13.6 Å². The van der Waals surface area contributed by atoms with Crippen LogP contribution < -0.4 is 0 Å². The van der Waals surface area contributed by atoms with E-state index in [-0.39, 0.29) is 18.3 Å². The minimum atomic E-state index is -0.429. The summed E-state index contributed by atoms with van der Waals surface area (Å²) >= 11 is 0. The van der Waals surface area contributed by atoms with Gasteiger partial charge in [-0.1, -0.05) is 26.8 Å². The van der Waals surface area contributed by atoms with Crippen LogP contribution in [0.15, 0.2) is 36.4 Å². The number of hydrogen-bond acceptors (Lipinski definition) is 2. The normalized spacial score (nSPS) is 11.4. The van der Waals surface area contributed by atoms with Gasteiger partial charge < -0.3 is 9.47 Å². The molecule has 0 atom stereocenters. The van der Waals surface area contributed by atoms with Crippen LogP contribution in [0.3, 0.4) is 0 Å². The van der Waals surface area contributed by atoms with E-state index in [1.807, 2.05) is 18.4 Å². The van der Waals surface area contributed by atoms with Crippen molar-refractivity contribution in [3.8, 4) is 0 Å². The number of nitrogens with zero attached hydrogens (tertiary/aromatic N) is 3. The predicted octanol–water partition coefficient (Wildman–Crippen LogP) is 5.72. The van der Waals surface area contributed by atoms with Gasteiger partial charge >= 0.3 is 0 Å². The average Bonchev–Trinajstić information content (AvgIpc) is 3.03. The molecule has 0 radical (unpaired) electrons. The van der Waals surface area contributed by atoms with Crippen molar-refractivity contribution in [3.05, 3.63) is 65.0 Å². The van der Waals surface area contributed by atoms with E-state index in [1.165, 1.54) is 24.3 Å². The SMILES string of the molecule is CCCn1c(CN(CCC(C)C)C(=O)c2cc(F)ccc2C)nc2ccc(F)cc21. The lowest BCUT2D eigenvalue weighted by Gasteiger charge is -2.24. The molecule has 3 aromatic rings. The van der Waals surface area contributed by atoms with Crippen LogP contribution in [0.5, 0.6) is 0 Å². The summed E-state index contributed by atoms with van der Waals surface area (Å²) in [5.74, 6) is 0.172. The molecule has 0 unspecified atom stereocenters. The van der Waals surface area contributed by atoms with E-state index < -0.39 is 5.82 Å². The Kier molecular flexibility index (Phi) is 6.85. The van der Waals surface area contributed by atoms with Gasteiger partial charge in [-0.2, -0.15) is 0 Å². The molecular weight excluding hydrogens is 384 g/mol. The first kappa shape index (κ1) is 21.9. The van der Waals surface area contributed by atoms with Crippen LogP contribution in [0.2, 0.25) is 0 Å². The summed E-state index contributed by atoms with van der Waals surface area (Å²) in [6.07, 6.45) is 1.68. The van der Waals surface area contributed by atoms with E-state index in [4.69, 9.17) is 0 Å². The number of aryl methyl sites for hydroxylation is 2. The predicted molar refractivity (Wildman–Crippen MR) is 115 cm³/mol. The number of benzene rings is 2. The van der Waals surface area contributed by atoms with Gasteiger partial charge in [0.25, 0.3) is 5.91 Å². The molecule has 0 N–H and O–H groups in total. The number of amides is 1. The quantitative estimate of drug-likeness (QED) is 0.474. The van der Waals surface area contributed by atoms with Gasteiger partial charge in [0.1, 0.15) is 17.5 Å². The number of imidazole rings is 1. The van der Waals surface area contributed by atoms with Gasteiger partial charge in [-0.15, -0.1) is 0 Å². The van der Waals surface area contributed by atoms with Gasteiger partial charge in [0.05, 0.1) is 17.6 Å². The minimum Gasteiger partial charge on any atom is -0.331 e. The van der Waals surface area contributed by atoms with Gasteiger partial charge in [0.15, 0.2) is 0 Å². The Labute approximate surface area is 176 Å². The van der Waals surface area contributed by atoms with Gasteiger partial charge in [-0.05, 0) is 61.6 Å². The fourth-order valence-corrected chi connectivity index (χ4v) is 3.57. The zero-order chi connectivity index (χ0) is 21.8. The average molecular weight is 414 g/mol. The van der Waals surface area contributed by atoms with Crippen LogP contribution >= 0.6 is 0 Å². The van der Waals surface area contributed by atoms with E-state index >= 15 is 0 Å². The fraction of sp³-hybridized carbons (Fsp3) is 0.417. The van der Waals surface area contributed by atoms with Crippen molar-refractivity contribution in [2.45, 2.75) is 53.6 Å². The van der Waals surface area contributed by atoms with Gasteiger partial charge in [-0.25, -0.2) is 13.8 Å². The Morgan fingerprint density at radius 3 is 2.53 bits per heavy atom. The Balaban J connectivity index is 2.00. The molecule has 30 heavy (non-hydrogen) atoms. The second-order valence-electron chi connectivity index (χ2n) is 8.18. The number of hydrogen-bond donors (Lipinski definition) is 0. The number of carbonyl (C=O) groups is 1. The van der Waals surface area contributed by atoms with Gasteiger partial charge in [0, 0.05) is 18.7 Å². The summed E-state index contributed by atoms with van der Waals surface area (Å²) in [6, 6.07) is 8.82. The summed E-state index contributed by atoms with van der Waals surface area (Å²) in [4.78, 5) is 19.7. The lowest BCUT2D eigenvalue weighted by atomic mass is 10.1. The van der Waals surface area contributed by atoms with Crippen LogP contribution in [-0.2, 0) is 13.1 Å². The maximum atomic E-state index is 13.8. The van der Waals surface area contributed by atoms with Gasteiger partial charge in [-0.3, -0.25) is 4.79 Å². The standard InChI is InChI=1S/C24H29F2N3O/c1-5-11-29-22-14-19(26)8-9-21(22)27-23(29)15-28(12-10-16(2)3)24(30)20-13-18(25)7-6-17(20)4/h6-9,13-14,16H,5,10-12,15H2,1-4H3. The maximum absolute atomic E-state index is 13.8. The van der Waals surface area contributed by atoms with Crippen molar-refractivity contribution in [2.75, 3.05) is 6.54 Å². The highest BCUT2D eigenvalue weighted by Gasteiger charge is 2.22. The first-order valence-electron chi connectivity index (χ1n) is 10.5. The molecular formula is C24H29F2N3O. The highest BCUT2D eigenvalue weighted by molar-refractivity contribution is 5.95. The molecule has 3 rings (SSSR count). The molecule has 6 heteroatoms. The second-order valence-corrected chi connectivity index (χ2v) is 8.18. The van der Waals surface area contributed by atoms with Crippen molar-refractivity contribution >= 4 is 16.9 Å². The third-order valence-electron chi connectivity index (χ3n) is 5.26. The van der Waals surface area contributed by atoms with E-state index in [2.05, 4.69) is 18.8 Å². The zero-order valence-electron chi connectivity index (χ0n) is 18.1. The molecule has 1 heterocycles. The van der Waals surface area contributed by atoms with Crippen LogP contribution in [0.25, 0.3) is 11.0 Å². The van der Waals surface area contributed by atoms with E-state index in [0.29, 0.717) is 35.9 Å². The first-order chi connectivity index (χ1) is 14.3. The Hall–Kier alpha value is -2.76. The lowest BCUT2D eigenvalue weighted by Crippen LogP contribution is -2.33. The molecule has 160 valence electrons. The van der Waals surface area contributed by atoms with Crippen LogP contribution in [0.4, 0.5) is 8.78 Å². The highest BCUT2D eigenvalue weighted by atomic mass is 19.1. The monoisotopic (exact) mass is 413 g/mol. The van der Waals surface area contributed by atoms with E-state index in [0.717, 1.165) is 23.9 Å². The zero-order valence-corrected chi connectivity index (χ0v) is 18.1. The number of rotatable bonds is 8. The second kappa shape index (κ2) is 9.37. The van der Waals surface area contributed by atoms with Crippen molar-refractivity contribution in [2.24, 2.45) is 5.92 Å². The van der Waals surface area contributed by atoms with Crippen LogP contribution in [-0.4, -0.2) is 26.9 Å². The smallest absolute Gasteiger partial charge is 0.254 e. The third kappa shape index (κ3) is 4.86. The molecule has 0 saturated carbocycles. The first-order valence-corrected chi connectivity index (χ1v) is 10.5. The highest BCUT2D eigenvalue weighted by Crippen LogP contribution is 2.22. The molecule has 1 amide bonds. The summed E-state index contributed by atoms with van der Waals surface area (Å²) < 4.78 is 29.6. The summed E-state index contributed by atoms with van der Waals surface area (Å²) in [5, 5.41) is 0. The Bertz CT molecular complexity index is 1040. The van der Waals surface area contributed by atoms with Crippen molar-refractivity contribution in [1.82, 2.24) is 14.5 Å². The molecule has 0 bridgehead atoms. The number of aromatic nitrogens is 2. The summed E-state index contributed by atoms with van der Waals surface area (Å²) in [7, 11) is 0. The largest absolute Gasteiger partial charge is 0.331 e. The molecule has 2 aromatic carbocycles. The molecule has 0 saturated heterocycles. The lowest BCUT2D eigenvalue weighted by molar-refractivity contribution is 0.0728.